The molecule has 0 aliphatic heterocycles. The van der Waals surface area contributed by atoms with Crippen molar-refractivity contribution < 1.29 is 9.84 Å². The number of hydrogen-bond acceptors (Lipinski definition) is 2. The molecule has 0 bridgehead atoms. The summed E-state index contributed by atoms with van der Waals surface area (Å²) < 4.78 is 5.04. The van der Waals surface area contributed by atoms with Crippen LogP contribution in [0.5, 0.6) is 0 Å². The Balaban J connectivity index is 2.60. The molecule has 0 aliphatic rings. The van der Waals surface area contributed by atoms with Crippen molar-refractivity contribution in [2.45, 2.75) is 39.7 Å². The number of methoxy groups -OCH3 is 1. The van der Waals surface area contributed by atoms with Crippen LogP contribution >= 0.6 is 0 Å². The maximum Gasteiger partial charge on any atom is 0.0607 e. The van der Waals surface area contributed by atoms with Gasteiger partial charge in [-0.25, -0.2) is 0 Å². The van der Waals surface area contributed by atoms with E-state index in [4.69, 9.17) is 4.74 Å². The molecule has 2 unspecified atom stereocenters. The van der Waals surface area contributed by atoms with E-state index >= 15 is 0 Å². The predicted molar refractivity (Wildman–Crippen MR) is 71.3 cm³/mol. The van der Waals surface area contributed by atoms with Gasteiger partial charge >= 0.3 is 0 Å². The Morgan fingerprint density at radius 2 is 2.00 bits per heavy atom. The first-order valence-electron chi connectivity index (χ1n) is 6.27. The number of benzene rings is 1. The van der Waals surface area contributed by atoms with Crippen LogP contribution in [0.25, 0.3) is 0 Å². The molecule has 1 aromatic carbocycles. The molecule has 0 aliphatic carbocycles. The lowest BCUT2D eigenvalue weighted by Crippen LogP contribution is -2.22. The van der Waals surface area contributed by atoms with Crippen molar-refractivity contribution in [3.05, 3.63) is 34.9 Å². The fourth-order valence-electron chi connectivity index (χ4n) is 1.94. The van der Waals surface area contributed by atoms with Gasteiger partial charge in [0.05, 0.1) is 6.10 Å². The Morgan fingerprint density at radius 1 is 1.29 bits per heavy atom. The molecular formula is C15H24O2. The van der Waals surface area contributed by atoms with Crippen LogP contribution in [0.1, 0.15) is 30.0 Å². The number of hydrogen-bond donors (Lipinski definition) is 1. The average molecular weight is 236 g/mol. The fraction of sp³-hybridized carbons (Fsp3) is 0.600. The number of aliphatic hydroxyl groups excluding tert-OH is 1. The smallest absolute Gasteiger partial charge is 0.0607 e. The lowest BCUT2D eigenvalue weighted by Gasteiger charge is -2.19. The van der Waals surface area contributed by atoms with E-state index in [9.17, 15) is 5.11 Å². The number of ether oxygens (including phenoxy) is 1. The third kappa shape index (κ3) is 4.49. The highest BCUT2D eigenvalue weighted by Gasteiger charge is 2.15. The van der Waals surface area contributed by atoms with Crippen LogP contribution in [0.2, 0.25) is 0 Å². The molecule has 0 radical (unpaired) electrons. The van der Waals surface area contributed by atoms with E-state index in [1.54, 1.807) is 7.11 Å². The second-order valence-corrected chi connectivity index (χ2v) is 4.96. The average Bonchev–Trinajstić information content (AvgIpc) is 2.30. The molecular weight excluding hydrogens is 212 g/mol. The summed E-state index contributed by atoms with van der Waals surface area (Å²) in [5.74, 6) is 0.273. The lowest BCUT2D eigenvalue weighted by molar-refractivity contribution is 0.0886. The quantitative estimate of drug-likeness (QED) is 0.823. The molecule has 0 saturated carbocycles. The van der Waals surface area contributed by atoms with Gasteiger partial charge < -0.3 is 9.84 Å². The molecule has 0 spiro atoms. The number of aryl methyl sites for hydroxylation is 2. The van der Waals surface area contributed by atoms with Crippen LogP contribution < -0.4 is 0 Å². The molecule has 0 saturated heterocycles. The van der Waals surface area contributed by atoms with Crippen molar-refractivity contribution >= 4 is 0 Å². The Kier molecular flexibility index (Phi) is 5.66. The lowest BCUT2D eigenvalue weighted by atomic mass is 9.92. The van der Waals surface area contributed by atoms with Crippen molar-refractivity contribution in [2.75, 3.05) is 13.7 Å². The van der Waals surface area contributed by atoms with Crippen molar-refractivity contribution in [1.29, 1.82) is 0 Å². The van der Waals surface area contributed by atoms with Gasteiger partial charge in [-0.15, -0.1) is 0 Å². The van der Waals surface area contributed by atoms with Crippen LogP contribution in [0.3, 0.4) is 0 Å². The summed E-state index contributed by atoms with van der Waals surface area (Å²) in [4.78, 5) is 0. The van der Waals surface area contributed by atoms with Gasteiger partial charge in [-0.1, -0.05) is 30.7 Å². The highest BCUT2D eigenvalue weighted by atomic mass is 16.5. The van der Waals surface area contributed by atoms with Gasteiger partial charge in [-0.3, -0.25) is 0 Å². The van der Waals surface area contributed by atoms with Gasteiger partial charge in [0.25, 0.3) is 0 Å². The summed E-state index contributed by atoms with van der Waals surface area (Å²) in [5, 5.41) is 10.2. The van der Waals surface area contributed by atoms with E-state index in [-0.39, 0.29) is 12.0 Å². The maximum atomic E-state index is 10.2. The van der Waals surface area contributed by atoms with E-state index in [1.165, 1.54) is 16.7 Å². The molecule has 0 amide bonds. The number of aliphatic hydroxyl groups is 1. The van der Waals surface area contributed by atoms with E-state index in [2.05, 4.69) is 39.0 Å². The standard InChI is InChI=1S/C15H24O2/c1-11-5-6-12(2)14(9-11)10-15(16)13(3)7-8-17-4/h5-6,9,13,15-16H,7-8,10H2,1-4H3. The number of rotatable bonds is 6. The summed E-state index contributed by atoms with van der Waals surface area (Å²) in [6.07, 6.45) is 1.35. The van der Waals surface area contributed by atoms with Crippen molar-refractivity contribution in [3.8, 4) is 0 Å². The van der Waals surface area contributed by atoms with Crippen LogP contribution in [0, 0.1) is 19.8 Å². The van der Waals surface area contributed by atoms with E-state index in [1.807, 2.05) is 0 Å². The Hall–Kier alpha value is -0.860. The predicted octanol–water partition coefficient (Wildman–Crippen LogP) is 2.88. The van der Waals surface area contributed by atoms with Gasteiger partial charge in [0.15, 0.2) is 0 Å². The zero-order valence-corrected chi connectivity index (χ0v) is 11.4. The van der Waals surface area contributed by atoms with Crippen molar-refractivity contribution in [3.63, 3.8) is 0 Å². The van der Waals surface area contributed by atoms with Crippen LogP contribution in [-0.2, 0) is 11.2 Å². The van der Waals surface area contributed by atoms with Gasteiger partial charge in [-0.2, -0.15) is 0 Å². The second-order valence-electron chi connectivity index (χ2n) is 4.96. The van der Waals surface area contributed by atoms with Crippen molar-refractivity contribution in [2.24, 2.45) is 5.92 Å². The van der Waals surface area contributed by atoms with Gasteiger partial charge in [0, 0.05) is 13.7 Å². The SMILES string of the molecule is COCCC(C)C(O)Cc1cc(C)ccc1C. The molecule has 96 valence electrons. The summed E-state index contributed by atoms with van der Waals surface area (Å²) in [7, 11) is 1.70. The molecule has 0 aromatic heterocycles. The Morgan fingerprint density at radius 3 is 2.65 bits per heavy atom. The minimum absolute atomic E-state index is 0.273. The topological polar surface area (TPSA) is 29.5 Å². The zero-order chi connectivity index (χ0) is 12.8. The summed E-state index contributed by atoms with van der Waals surface area (Å²) >= 11 is 0. The van der Waals surface area contributed by atoms with Crippen molar-refractivity contribution in [1.82, 2.24) is 0 Å². The van der Waals surface area contributed by atoms with Gasteiger partial charge in [0.1, 0.15) is 0 Å². The molecule has 17 heavy (non-hydrogen) atoms. The van der Waals surface area contributed by atoms with Gasteiger partial charge in [0.2, 0.25) is 0 Å². The zero-order valence-electron chi connectivity index (χ0n) is 11.4. The first kappa shape index (κ1) is 14.2. The van der Waals surface area contributed by atoms with E-state index < -0.39 is 0 Å². The van der Waals surface area contributed by atoms with Gasteiger partial charge in [-0.05, 0) is 43.7 Å². The Bertz CT molecular complexity index is 347. The monoisotopic (exact) mass is 236 g/mol. The summed E-state index contributed by atoms with van der Waals surface area (Å²) in [5.41, 5.74) is 3.76. The first-order chi connectivity index (χ1) is 8.04. The summed E-state index contributed by atoms with van der Waals surface area (Å²) in [6.45, 7) is 6.98. The molecule has 0 fully saturated rings. The van der Waals surface area contributed by atoms with Crippen LogP contribution in [0.15, 0.2) is 18.2 Å². The third-order valence-electron chi connectivity index (χ3n) is 3.37. The molecule has 1 aromatic rings. The molecule has 1 rings (SSSR count). The molecule has 1 N–H and O–H groups in total. The second kappa shape index (κ2) is 6.77. The first-order valence-corrected chi connectivity index (χ1v) is 6.27. The third-order valence-corrected chi connectivity index (χ3v) is 3.37. The fourth-order valence-corrected chi connectivity index (χ4v) is 1.94. The maximum absolute atomic E-state index is 10.2. The highest BCUT2D eigenvalue weighted by Crippen LogP contribution is 2.17. The molecule has 2 atom stereocenters. The molecule has 0 heterocycles. The highest BCUT2D eigenvalue weighted by molar-refractivity contribution is 5.30. The molecule has 2 nitrogen and oxygen atoms in total. The largest absolute Gasteiger partial charge is 0.393 e. The molecule has 2 heteroatoms. The van der Waals surface area contributed by atoms with Crippen LogP contribution in [0.4, 0.5) is 0 Å². The minimum Gasteiger partial charge on any atom is -0.393 e. The van der Waals surface area contributed by atoms with E-state index in [0.29, 0.717) is 6.61 Å². The summed E-state index contributed by atoms with van der Waals surface area (Å²) in [6, 6.07) is 6.40. The van der Waals surface area contributed by atoms with Crippen LogP contribution in [-0.4, -0.2) is 24.9 Å². The van der Waals surface area contributed by atoms with E-state index in [0.717, 1.165) is 12.8 Å². The normalized spacial score (nSPS) is 14.6. The minimum atomic E-state index is -0.286. The Labute approximate surface area is 105 Å².